The number of amides is 1. The highest BCUT2D eigenvalue weighted by Crippen LogP contribution is 2.37. The Kier molecular flexibility index (Phi) is 4.39. The number of methoxy groups -OCH3 is 1. The van der Waals surface area contributed by atoms with Gasteiger partial charge >= 0.3 is 0 Å². The molecule has 2 aromatic heterocycles. The van der Waals surface area contributed by atoms with Crippen molar-refractivity contribution >= 4 is 5.91 Å². The fourth-order valence-corrected chi connectivity index (χ4v) is 3.54. The van der Waals surface area contributed by atoms with Gasteiger partial charge in [-0.3, -0.25) is 14.9 Å². The van der Waals surface area contributed by atoms with Crippen LogP contribution in [0, 0.1) is 0 Å². The first-order valence-corrected chi connectivity index (χ1v) is 8.66. The van der Waals surface area contributed by atoms with Gasteiger partial charge in [0.15, 0.2) is 0 Å². The topological polar surface area (TPSA) is 71.1 Å². The third-order valence-electron chi connectivity index (χ3n) is 4.82. The summed E-state index contributed by atoms with van der Waals surface area (Å²) in [4.78, 5) is 19.1. The Bertz CT molecular complexity index is 907. The zero-order valence-electron chi connectivity index (χ0n) is 14.6. The molecule has 0 unspecified atom stereocenters. The van der Waals surface area contributed by atoms with Crippen molar-refractivity contribution in [3.63, 3.8) is 0 Å². The number of hydrogen-bond acceptors (Lipinski definition) is 4. The zero-order chi connectivity index (χ0) is 17.9. The highest BCUT2D eigenvalue weighted by molar-refractivity contribution is 5.95. The Morgan fingerprint density at radius 3 is 2.92 bits per heavy atom. The van der Waals surface area contributed by atoms with Gasteiger partial charge in [0, 0.05) is 30.1 Å². The van der Waals surface area contributed by atoms with Crippen molar-refractivity contribution < 1.29 is 9.53 Å². The molecule has 3 heterocycles. The van der Waals surface area contributed by atoms with Gasteiger partial charge in [-0.25, -0.2) is 0 Å². The van der Waals surface area contributed by atoms with Gasteiger partial charge in [0.25, 0.3) is 5.91 Å². The van der Waals surface area contributed by atoms with Gasteiger partial charge in [-0.2, -0.15) is 5.10 Å². The Balaban J connectivity index is 1.66. The van der Waals surface area contributed by atoms with Crippen molar-refractivity contribution in [3.05, 3.63) is 66.2 Å². The molecule has 132 valence electrons. The molecule has 0 bridgehead atoms. The van der Waals surface area contributed by atoms with E-state index in [0.717, 1.165) is 36.2 Å². The lowest BCUT2D eigenvalue weighted by atomic mass is 10.0. The highest BCUT2D eigenvalue weighted by atomic mass is 16.5. The van der Waals surface area contributed by atoms with Crippen molar-refractivity contribution in [2.75, 3.05) is 13.7 Å². The molecule has 6 nitrogen and oxygen atoms in total. The van der Waals surface area contributed by atoms with Crippen LogP contribution in [0.25, 0.3) is 11.1 Å². The number of hydrogen-bond donors (Lipinski definition) is 1. The first-order chi connectivity index (χ1) is 12.8. The van der Waals surface area contributed by atoms with Crippen molar-refractivity contribution in [1.82, 2.24) is 20.1 Å². The molecule has 1 aromatic carbocycles. The summed E-state index contributed by atoms with van der Waals surface area (Å²) < 4.78 is 5.25. The number of H-pyrrole nitrogens is 1. The molecule has 1 N–H and O–H groups in total. The number of aromatic amines is 1. The van der Waals surface area contributed by atoms with Crippen molar-refractivity contribution in [2.24, 2.45) is 0 Å². The van der Waals surface area contributed by atoms with Gasteiger partial charge in [0.2, 0.25) is 0 Å². The SMILES string of the molecule is COc1cccc(C(=O)N2CCC[C@@H]2c2[nH]ncc2-c2ccncc2)c1. The van der Waals surface area contributed by atoms with Crippen LogP contribution in [0.3, 0.4) is 0 Å². The van der Waals surface area contributed by atoms with Gasteiger partial charge in [0.05, 0.1) is 25.0 Å². The smallest absolute Gasteiger partial charge is 0.254 e. The molecule has 0 spiro atoms. The van der Waals surface area contributed by atoms with Crippen LogP contribution in [-0.4, -0.2) is 39.6 Å². The first-order valence-electron chi connectivity index (χ1n) is 8.66. The summed E-state index contributed by atoms with van der Waals surface area (Å²) in [5, 5.41) is 7.35. The molecule has 0 radical (unpaired) electrons. The summed E-state index contributed by atoms with van der Waals surface area (Å²) in [6.45, 7) is 0.732. The molecule has 1 aliphatic heterocycles. The van der Waals surface area contributed by atoms with Crippen molar-refractivity contribution in [2.45, 2.75) is 18.9 Å². The first kappa shape index (κ1) is 16.3. The van der Waals surface area contributed by atoms with E-state index < -0.39 is 0 Å². The number of nitrogens with one attached hydrogen (secondary N) is 1. The van der Waals surface area contributed by atoms with Crippen LogP contribution in [0.5, 0.6) is 5.75 Å². The van der Waals surface area contributed by atoms with Crippen LogP contribution in [0.4, 0.5) is 0 Å². The average Bonchev–Trinajstić information content (AvgIpc) is 3.37. The number of aromatic nitrogens is 3. The summed E-state index contributed by atoms with van der Waals surface area (Å²) >= 11 is 0. The quantitative estimate of drug-likeness (QED) is 0.784. The number of rotatable bonds is 4. The number of likely N-dealkylation sites (tertiary alicyclic amines) is 1. The molecule has 1 aliphatic rings. The Labute approximate surface area is 151 Å². The predicted molar refractivity (Wildman–Crippen MR) is 97.8 cm³/mol. The van der Waals surface area contributed by atoms with Crippen molar-refractivity contribution in [3.8, 4) is 16.9 Å². The van der Waals surface area contributed by atoms with E-state index in [9.17, 15) is 4.79 Å². The van der Waals surface area contributed by atoms with E-state index in [2.05, 4.69) is 15.2 Å². The molecule has 0 saturated carbocycles. The molecule has 1 saturated heterocycles. The standard InChI is InChI=1S/C20H20N4O2/c1-26-16-5-2-4-15(12-16)20(25)24-11-3-6-18(24)19-17(13-22-23-19)14-7-9-21-10-8-14/h2,4-5,7-10,12-13,18H,3,6,11H2,1H3,(H,22,23)/t18-/m1/s1. The van der Waals surface area contributed by atoms with E-state index in [4.69, 9.17) is 4.74 Å². The van der Waals surface area contributed by atoms with Gasteiger partial charge in [-0.15, -0.1) is 0 Å². The van der Waals surface area contributed by atoms with E-state index in [1.165, 1.54) is 0 Å². The maximum atomic E-state index is 13.1. The van der Waals surface area contributed by atoms with Crippen LogP contribution in [0.1, 0.15) is 34.9 Å². The lowest BCUT2D eigenvalue weighted by molar-refractivity contribution is 0.0733. The molecule has 1 fully saturated rings. The second kappa shape index (κ2) is 7.00. The second-order valence-electron chi connectivity index (χ2n) is 6.32. The van der Waals surface area contributed by atoms with E-state index in [1.807, 2.05) is 41.4 Å². The predicted octanol–water partition coefficient (Wildman–Crippen LogP) is 3.46. The molecule has 26 heavy (non-hydrogen) atoms. The average molecular weight is 348 g/mol. The zero-order valence-corrected chi connectivity index (χ0v) is 14.6. The summed E-state index contributed by atoms with van der Waals surface area (Å²) in [6, 6.07) is 11.2. The number of benzene rings is 1. The van der Waals surface area contributed by atoms with Crippen molar-refractivity contribution in [1.29, 1.82) is 0 Å². The molecule has 1 amide bonds. The molecule has 0 aliphatic carbocycles. The Hall–Kier alpha value is -3.15. The van der Waals surface area contributed by atoms with Gasteiger partial charge in [0.1, 0.15) is 5.75 Å². The Morgan fingerprint density at radius 1 is 1.27 bits per heavy atom. The number of carbonyl (C=O) groups is 1. The van der Waals surface area contributed by atoms with Gasteiger partial charge in [-0.05, 0) is 48.7 Å². The minimum absolute atomic E-state index is 0.0145. The fourth-order valence-electron chi connectivity index (χ4n) is 3.54. The number of nitrogens with zero attached hydrogens (tertiary/aromatic N) is 3. The Morgan fingerprint density at radius 2 is 2.12 bits per heavy atom. The molecule has 1 atom stereocenters. The number of ether oxygens (including phenoxy) is 1. The number of pyridine rings is 1. The van der Waals surface area contributed by atoms with Crippen LogP contribution >= 0.6 is 0 Å². The van der Waals surface area contributed by atoms with Gasteiger partial charge < -0.3 is 9.64 Å². The molecule has 3 aromatic rings. The van der Waals surface area contributed by atoms with Crippen LogP contribution in [0.15, 0.2) is 55.0 Å². The highest BCUT2D eigenvalue weighted by Gasteiger charge is 2.33. The second-order valence-corrected chi connectivity index (χ2v) is 6.32. The maximum Gasteiger partial charge on any atom is 0.254 e. The maximum absolute atomic E-state index is 13.1. The molecule has 6 heteroatoms. The van der Waals surface area contributed by atoms with E-state index in [-0.39, 0.29) is 11.9 Å². The molecule has 4 rings (SSSR count). The normalized spacial score (nSPS) is 16.7. The van der Waals surface area contributed by atoms with Crippen LogP contribution < -0.4 is 4.74 Å². The van der Waals surface area contributed by atoms with Gasteiger partial charge in [-0.1, -0.05) is 6.07 Å². The van der Waals surface area contributed by atoms with E-state index in [0.29, 0.717) is 11.3 Å². The summed E-state index contributed by atoms with van der Waals surface area (Å²) in [6.07, 6.45) is 7.22. The van der Waals surface area contributed by atoms with Crippen LogP contribution in [0.2, 0.25) is 0 Å². The minimum Gasteiger partial charge on any atom is -0.497 e. The lowest BCUT2D eigenvalue weighted by Gasteiger charge is -2.25. The third-order valence-corrected chi connectivity index (χ3v) is 4.82. The monoisotopic (exact) mass is 348 g/mol. The third kappa shape index (κ3) is 2.94. The molecular formula is C20H20N4O2. The fraction of sp³-hybridized carbons (Fsp3) is 0.250. The van der Waals surface area contributed by atoms with E-state index in [1.54, 1.807) is 25.6 Å². The minimum atomic E-state index is -0.0145. The molecular weight excluding hydrogens is 328 g/mol. The van der Waals surface area contributed by atoms with E-state index >= 15 is 0 Å². The summed E-state index contributed by atoms with van der Waals surface area (Å²) in [5.74, 6) is 0.701. The lowest BCUT2D eigenvalue weighted by Crippen LogP contribution is -2.31. The number of carbonyl (C=O) groups excluding carboxylic acids is 1. The largest absolute Gasteiger partial charge is 0.497 e. The summed E-state index contributed by atoms with van der Waals surface area (Å²) in [7, 11) is 1.61. The van der Waals surface area contributed by atoms with Crippen LogP contribution in [-0.2, 0) is 0 Å². The summed E-state index contributed by atoms with van der Waals surface area (Å²) in [5.41, 5.74) is 3.68.